The lowest BCUT2D eigenvalue weighted by molar-refractivity contribution is -0.137. The summed E-state index contributed by atoms with van der Waals surface area (Å²) in [6, 6.07) is 7.69. The Bertz CT molecular complexity index is 1290. The molecule has 3 aromatic rings. The molecule has 0 N–H and O–H groups in total. The van der Waals surface area contributed by atoms with Gasteiger partial charge in [0, 0.05) is 39.8 Å². The molecule has 186 valence electrons. The molecule has 0 aliphatic heterocycles. The minimum atomic E-state index is -4.57. The molecule has 0 bridgehead atoms. The van der Waals surface area contributed by atoms with E-state index in [-0.39, 0.29) is 27.6 Å². The molecular weight excluding hydrogens is 502 g/mol. The van der Waals surface area contributed by atoms with E-state index in [1.165, 1.54) is 41.4 Å². The van der Waals surface area contributed by atoms with E-state index in [2.05, 4.69) is 0 Å². The number of ketones is 1. The highest BCUT2D eigenvalue weighted by molar-refractivity contribution is 6.40. The maximum atomic E-state index is 13.4. The number of carbonyl (C=O) groups excluding carboxylic acids is 2. The minimum Gasteiger partial charge on any atom is -0.449 e. The predicted molar refractivity (Wildman–Crippen MR) is 133 cm³/mol. The van der Waals surface area contributed by atoms with Gasteiger partial charge >= 0.3 is 12.3 Å². The molecule has 35 heavy (non-hydrogen) atoms. The number of alkyl halides is 3. The van der Waals surface area contributed by atoms with Crippen molar-refractivity contribution in [1.82, 2.24) is 4.90 Å². The molecule has 9 heteroatoms. The third kappa shape index (κ3) is 6.27. The second kappa shape index (κ2) is 11.3. The fraction of sp³-hybridized carbons (Fsp3) is 0.308. The van der Waals surface area contributed by atoms with Crippen LogP contribution in [0.2, 0.25) is 10.0 Å². The van der Waals surface area contributed by atoms with E-state index in [0.29, 0.717) is 22.7 Å². The van der Waals surface area contributed by atoms with Crippen molar-refractivity contribution < 1.29 is 27.5 Å². The summed E-state index contributed by atoms with van der Waals surface area (Å²) in [5, 5.41) is 1.77. The Morgan fingerprint density at radius 2 is 1.69 bits per heavy atom. The molecule has 0 spiro atoms. The number of benzene rings is 3. The zero-order valence-electron chi connectivity index (χ0n) is 19.2. The maximum Gasteiger partial charge on any atom is 0.416 e. The van der Waals surface area contributed by atoms with E-state index in [1.807, 2.05) is 6.92 Å². The van der Waals surface area contributed by atoms with Crippen LogP contribution in [0.5, 0.6) is 0 Å². The summed E-state index contributed by atoms with van der Waals surface area (Å²) in [5.41, 5.74) is -0.703. The van der Waals surface area contributed by atoms with Gasteiger partial charge in [0.1, 0.15) is 0 Å². The Hall–Kier alpha value is -2.77. The maximum absolute atomic E-state index is 13.4. The lowest BCUT2D eigenvalue weighted by atomic mass is 9.93. The van der Waals surface area contributed by atoms with Crippen molar-refractivity contribution >= 4 is 56.6 Å². The van der Waals surface area contributed by atoms with Crippen LogP contribution in [0.3, 0.4) is 0 Å². The van der Waals surface area contributed by atoms with Crippen LogP contribution in [0, 0.1) is 0 Å². The van der Waals surface area contributed by atoms with Crippen LogP contribution >= 0.6 is 23.2 Å². The second-order valence-corrected chi connectivity index (χ2v) is 8.79. The Kier molecular flexibility index (Phi) is 8.67. The molecule has 0 heterocycles. The molecule has 3 rings (SSSR count). The molecule has 0 aliphatic rings. The van der Waals surface area contributed by atoms with Crippen LogP contribution in [-0.2, 0) is 10.9 Å². The Labute approximate surface area is 211 Å². The zero-order valence-corrected chi connectivity index (χ0v) is 20.7. The SMILES string of the molecule is CCCCCN(C=CC(=O)c1cc2c(Cl)cc(Cl)cc2c2cc(C(F)(F)F)ccc12)C(=O)OCC. The number of hydrogen-bond acceptors (Lipinski definition) is 3. The van der Waals surface area contributed by atoms with Gasteiger partial charge in [-0.1, -0.05) is 49.0 Å². The highest BCUT2D eigenvalue weighted by Crippen LogP contribution is 2.38. The van der Waals surface area contributed by atoms with Crippen molar-refractivity contribution in [3.63, 3.8) is 0 Å². The molecule has 0 aromatic heterocycles. The molecule has 4 nitrogen and oxygen atoms in total. The number of hydrogen-bond donors (Lipinski definition) is 0. The molecule has 1 amide bonds. The number of unbranched alkanes of at least 4 members (excludes halogenated alkanes) is 2. The first-order valence-corrected chi connectivity index (χ1v) is 11.9. The predicted octanol–water partition coefficient (Wildman–Crippen LogP) is 8.66. The van der Waals surface area contributed by atoms with Gasteiger partial charge < -0.3 is 4.74 Å². The third-order valence-corrected chi connectivity index (χ3v) is 6.02. The van der Waals surface area contributed by atoms with E-state index >= 15 is 0 Å². The number of halogens is 5. The monoisotopic (exact) mass is 525 g/mol. The highest BCUT2D eigenvalue weighted by Gasteiger charge is 2.31. The summed E-state index contributed by atoms with van der Waals surface area (Å²) in [4.78, 5) is 26.8. The van der Waals surface area contributed by atoms with E-state index in [4.69, 9.17) is 27.9 Å². The molecule has 0 saturated heterocycles. The zero-order chi connectivity index (χ0) is 25.8. The average Bonchev–Trinajstić information content (AvgIpc) is 2.79. The quantitative estimate of drug-likeness (QED) is 0.128. The van der Waals surface area contributed by atoms with Gasteiger partial charge in [0.15, 0.2) is 5.78 Å². The molecule has 0 aliphatic carbocycles. The first-order chi connectivity index (χ1) is 16.6. The number of ether oxygens (including phenoxy) is 1. The van der Waals surface area contributed by atoms with Crippen molar-refractivity contribution in [2.24, 2.45) is 0 Å². The highest BCUT2D eigenvalue weighted by atomic mass is 35.5. The van der Waals surface area contributed by atoms with Crippen molar-refractivity contribution in [3.05, 3.63) is 69.8 Å². The van der Waals surface area contributed by atoms with E-state index in [9.17, 15) is 22.8 Å². The number of allylic oxidation sites excluding steroid dienone is 1. The molecule has 0 unspecified atom stereocenters. The lowest BCUT2D eigenvalue weighted by Gasteiger charge is -2.17. The number of amides is 1. The van der Waals surface area contributed by atoms with Crippen molar-refractivity contribution in [2.75, 3.05) is 13.2 Å². The smallest absolute Gasteiger partial charge is 0.416 e. The van der Waals surface area contributed by atoms with Gasteiger partial charge in [-0.25, -0.2) is 4.79 Å². The molecular formula is C26H24Cl2F3NO3. The number of carbonyl (C=O) groups is 2. The largest absolute Gasteiger partial charge is 0.449 e. The molecule has 0 atom stereocenters. The normalized spacial score (nSPS) is 12.0. The first kappa shape index (κ1) is 26.8. The first-order valence-electron chi connectivity index (χ1n) is 11.2. The fourth-order valence-corrected chi connectivity index (χ4v) is 4.32. The van der Waals surface area contributed by atoms with Gasteiger partial charge in [0.05, 0.1) is 12.2 Å². The third-order valence-electron chi connectivity index (χ3n) is 5.49. The van der Waals surface area contributed by atoms with E-state index in [0.717, 1.165) is 31.4 Å². The summed E-state index contributed by atoms with van der Waals surface area (Å²) in [5.74, 6) is -0.493. The number of rotatable bonds is 8. The van der Waals surface area contributed by atoms with Gasteiger partial charge in [-0.15, -0.1) is 0 Å². The van der Waals surface area contributed by atoms with E-state index in [1.54, 1.807) is 6.92 Å². The van der Waals surface area contributed by atoms with Crippen LogP contribution in [-0.4, -0.2) is 29.9 Å². The minimum absolute atomic E-state index is 0.152. The van der Waals surface area contributed by atoms with Gasteiger partial charge in [-0.2, -0.15) is 13.2 Å². The van der Waals surface area contributed by atoms with Crippen molar-refractivity contribution in [1.29, 1.82) is 0 Å². The van der Waals surface area contributed by atoms with Gasteiger partial charge in [0.25, 0.3) is 0 Å². The summed E-state index contributed by atoms with van der Waals surface area (Å²) in [6.07, 6.45) is -0.0126. The molecule has 3 aromatic carbocycles. The molecule has 0 radical (unpaired) electrons. The Morgan fingerprint density at radius 3 is 2.34 bits per heavy atom. The van der Waals surface area contributed by atoms with Gasteiger partial charge in [0.2, 0.25) is 0 Å². The Balaban J connectivity index is 2.12. The lowest BCUT2D eigenvalue weighted by Crippen LogP contribution is -2.27. The van der Waals surface area contributed by atoms with Crippen LogP contribution in [0.1, 0.15) is 49.0 Å². The van der Waals surface area contributed by atoms with E-state index < -0.39 is 23.6 Å². The Morgan fingerprint density at radius 1 is 0.971 bits per heavy atom. The van der Waals surface area contributed by atoms with Gasteiger partial charge in [-0.05, 0) is 59.8 Å². The van der Waals surface area contributed by atoms with Gasteiger partial charge in [-0.3, -0.25) is 9.69 Å². The van der Waals surface area contributed by atoms with Crippen LogP contribution in [0.25, 0.3) is 21.5 Å². The van der Waals surface area contributed by atoms with Crippen LogP contribution < -0.4 is 0 Å². The van der Waals surface area contributed by atoms with Crippen molar-refractivity contribution in [3.8, 4) is 0 Å². The van der Waals surface area contributed by atoms with Crippen LogP contribution in [0.4, 0.5) is 18.0 Å². The average molecular weight is 526 g/mol. The standard InChI is InChI=1S/C26H24Cl2F3NO3/c1-3-5-6-10-32(25(34)35-4-2)11-9-24(33)22-15-21-20(13-17(27)14-23(21)28)19-12-16(26(29,30)31)7-8-18(19)22/h7-9,11-15H,3-6,10H2,1-2H3. The number of nitrogens with zero attached hydrogens (tertiary/aromatic N) is 1. The second-order valence-electron chi connectivity index (χ2n) is 7.94. The number of fused-ring (bicyclic) bond motifs is 3. The van der Waals surface area contributed by atoms with Crippen molar-refractivity contribution in [2.45, 2.75) is 39.3 Å². The summed E-state index contributed by atoms with van der Waals surface area (Å²) < 4.78 is 45.3. The summed E-state index contributed by atoms with van der Waals surface area (Å²) in [7, 11) is 0. The summed E-state index contributed by atoms with van der Waals surface area (Å²) >= 11 is 12.5. The fourth-order valence-electron chi connectivity index (χ4n) is 3.77. The molecule has 0 fully saturated rings. The molecule has 0 saturated carbocycles. The summed E-state index contributed by atoms with van der Waals surface area (Å²) in [6.45, 7) is 4.27. The van der Waals surface area contributed by atoms with Crippen LogP contribution in [0.15, 0.2) is 48.7 Å². The topological polar surface area (TPSA) is 46.6 Å².